The van der Waals surface area contributed by atoms with Gasteiger partial charge in [-0.1, -0.05) is 0 Å². The van der Waals surface area contributed by atoms with Crippen LogP contribution in [0.5, 0.6) is 0 Å². The maximum Gasteiger partial charge on any atom is 0.490 e. The van der Waals surface area contributed by atoms with Crippen LogP contribution in [0.3, 0.4) is 0 Å². The van der Waals surface area contributed by atoms with Crippen LogP contribution >= 0.6 is 0 Å². The summed E-state index contributed by atoms with van der Waals surface area (Å²) >= 11 is 0. The Hall–Kier alpha value is -3.22. The average Bonchev–Trinajstić information content (AvgIpc) is 3.43. The molecule has 1 unspecified atom stereocenters. The number of aliphatic carboxylic acids is 1. The highest BCUT2D eigenvalue weighted by Gasteiger charge is 2.38. The van der Waals surface area contributed by atoms with E-state index in [9.17, 15) is 18.0 Å². The van der Waals surface area contributed by atoms with Crippen molar-refractivity contribution < 1.29 is 32.6 Å². The largest absolute Gasteiger partial charge is 0.490 e. The molecule has 0 radical (unpaired) electrons. The molecule has 1 fully saturated rings. The Bertz CT molecular complexity index is 918. The zero-order valence-electron chi connectivity index (χ0n) is 17.8. The minimum Gasteiger partial charge on any atom is -0.475 e. The van der Waals surface area contributed by atoms with Gasteiger partial charge in [0.1, 0.15) is 6.61 Å². The van der Waals surface area contributed by atoms with E-state index < -0.39 is 12.1 Å². The summed E-state index contributed by atoms with van der Waals surface area (Å²) in [4.78, 5) is 38.1. The van der Waals surface area contributed by atoms with Crippen LogP contribution in [0.1, 0.15) is 18.5 Å². The molecule has 10 nitrogen and oxygen atoms in total. The normalized spacial score (nSPS) is 18.2. The lowest BCUT2D eigenvalue weighted by Crippen LogP contribution is -2.34. The van der Waals surface area contributed by atoms with E-state index in [0.717, 1.165) is 44.7 Å². The first-order chi connectivity index (χ1) is 15.7. The molecule has 2 aromatic rings. The lowest BCUT2D eigenvalue weighted by Gasteiger charge is -2.24. The van der Waals surface area contributed by atoms with Gasteiger partial charge in [0.05, 0.1) is 25.2 Å². The van der Waals surface area contributed by atoms with Crippen LogP contribution in [-0.4, -0.2) is 80.4 Å². The van der Waals surface area contributed by atoms with Gasteiger partial charge in [-0.15, -0.1) is 0 Å². The molecule has 0 bridgehead atoms. The Morgan fingerprint density at radius 2 is 1.82 bits per heavy atom. The maximum atomic E-state index is 12.2. The number of halogens is 3. The summed E-state index contributed by atoms with van der Waals surface area (Å²) in [6.07, 6.45) is 4.37. The van der Waals surface area contributed by atoms with Gasteiger partial charge in [0, 0.05) is 50.7 Å². The van der Waals surface area contributed by atoms with Gasteiger partial charge in [0.2, 0.25) is 11.9 Å². The molecule has 2 aromatic heterocycles. The van der Waals surface area contributed by atoms with E-state index in [2.05, 4.69) is 24.4 Å². The van der Waals surface area contributed by atoms with Gasteiger partial charge in [-0.25, -0.2) is 19.7 Å². The fraction of sp³-hybridized carbons (Fsp3) is 0.550. The number of aromatic nitrogens is 4. The lowest BCUT2D eigenvalue weighted by atomic mass is 10.1. The molecule has 4 heterocycles. The van der Waals surface area contributed by atoms with Crippen LogP contribution in [0.15, 0.2) is 31.0 Å². The molecule has 0 aliphatic carbocycles. The molecule has 0 saturated carbocycles. The van der Waals surface area contributed by atoms with Crippen molar-refractivity contribution in [1.82, 2.24) is 24.4 Å². The zero-order chi connectivity index (χ0) is 23.8. The Morgan fingerprint density at radius 3 is 2.45 bits per heavy atom. The monoisotopic (exact) mass is 470 g/mol. The van der Waals surface area contributed by atoms with Crippen molar-refractivity contribution in [1.29, 1.82) is 0 Å². The number of hydrogen-bond acceptors (Lipinski definition) is 7. The first-order valence-electron chi connectivity index (χ1n) is 10.4. The standard InChI is InChI=1S/C18H24N6O2.C2HF3O2/c25-17(22-6-1-2-7-22)13-26-12-15-9-23(18-20-4-3-5-21-18)11-16-8-19-14-24(16)10-15;3-2(4,5)1(6)7/h3-5,8,14-15H,1-2,6-7,9-13H2;(H,6,7). The van der Waals surface area contributed by atoms with Crippen LogP contribution in [-0.2, 0) is 27.4 Å². The molecule has 180 valence electrons. The number of nitrogens with zero attached hydrogens (tertiary/aromatic N) is 6. The fourth-order valence-electron chi connectivity index (χ4n) is 3.63. The number of carbonyl (C=O) groups excluding carboxylic acids is 1. The topological polar surface area (TPSA) is 114 Å². The van der Waals surface area contributed by atoms with Gasteiger partial charge >= 0.3 is 12.1 Å². The van der Waals surface area contributed by atoms with Crippen LogP contribution in [0, 0.1) is 5.92 Å². The highest BCUT2D eigenvalue weighted by Crippen LogP contribution is 2.20. The van der Waals surface area contributed by atoms with Gasteiger partial charge in [-0.2, -0.15) is 13.2 Å². The van der Waals surface area contributed by atoms with Crippen LogP contribution in [0.2, 0.25) is 0 Å². The van der Waals surface area contributed by atoms with E-state index in [1.165, 1.54) is 0 Å². The predicted octanol–water partition coefficient (Wildman–Crippen LogP) is 1.58. The summed E-state index contributed by atoms with van der Waals surface area (Å²) in [5.74, 6) is -1.71. The van der Waals surface area contributed by atoms with Crippen molar-refractivity contribution >= 4 is 17.8 Å². The number of fused-ring (bicyclic) bond motifs is 1. The highest BCUT2D eigenvalue weighted by atomic mass is 19.4. The van der Waals surface area contributed by atoms with Crippen molar-refractivity contribution in [2.75, 3.05) is 37.7 Å². The number of ether oxygens (including phenoxy) is 1. The van der Waals surface area contributed by atoms with Crippen molar-refractivity contribution in [3.8, 4) is 0 Å². The van der Waals surface area contributed by atoms with E-state index in [1.54, 1.807) is 12.4 Å². The molecule has 4 rings (SSSR count). The number of anilines is 1. The second-order valence-electron chi connectivity index (χ2n) is 7.74. The average molecular weight is 470 g/mol. The molecule has 0 aromatic carbocycles. The van der Waals surface area contributed by atoms with Gasteiger partial charge in [-0.05, 0) is 18.9 Å². The molecular weight excluding hydrogens is 445 g/mol. The SMILES string of the molecule is O=C(COCC1CN(c2ncccn2)Cc2cncn2C1)N1CCCC1.O=C(O)C(F)(F)F. The summed E-state index contributed by atoms with van der Waals surface area (Å²) < 4.78 is 39.7. The first-order valence-corrected chi connectivity index (χ1v) is 10.4. The third kappa shape index (κ3) is 7.14. The van der Waals surface area contributed by atoms with Gasteiger partial charge < -0.3 is 24.2 Å². The second kappa shape index (κ2) is 11.1. The predicted molar refractivity (Wildman–Crippen MR) is 109 cm³/mol. The number of carbonyl (C=O) groups is 2. The highest BCUT2D eigenvalue weighted by molar-refractivity contribution is 5.77. The molecule has 1 atom stereocenters. The van der Waals surface area contributed by atoms with Crippen LogP contribution in [0.4, 0.5) is 19.1 Å². The number of hydrogen-bond donors (Lipinski definition) is 1. The van der Waals surface area contributed by atoms with E-state index in [1.807, 2.05) is 23.5 Å². The Kier molecular flexibility index (Phi) is 8.20. The third-order valence-electron chi connectivity index (χ3n) is 5.20. The van der Waals surface area contributed by atoms with E-state index in [4.69, 9.17) is 14.6 Å². The van der Waals surface area contributed by atoms with Crippen molar-refractivity contribution in [2.24, 2.45) is 5.92 Å². The number of carboxylic acids is 1. The minimum atomic E-state index is -5.08. The summed E-state index contributed by atoms with van der Waals surface area (Å²) in [6, 6.07) is 1.82. The Labute approximate surface area is 188 Å². The number of imidazole rings is 1. The maximum absolute atomic E-state index is 12.2. The summed E-state index contributed by atoms with van der Waals surface area (Å²) in [5, 5.41) is 7.12. The molecular formula is C20H25F3N6O4. The van der Waals surface area contributed by atoms with E-state index in [-0.39, 0.29) is 18.4 Å². The van der Waals surface area contributed by atoms with Crippen molar-refractivity contribution in [3.63, 3.8) is 0 Å². The zero-order valence-corrected chi connectivity index (χ0v) is 17.8. The second-order valence-corrected chi connectivity index (χ2v) is 7.74. The molecule has 13 heteroatoms. The van der Waals surface area contributed by atoms with E-state index in [0.29, 0.717) is 19.1 Å². The summed E-state index contributed by atoms with van der Waals surface area (Å²) in [5.41, 5.74) is 1.13. The first kappa shape index (κ1) is 24.4. The Morgan fingerprint density at radius 1 is 1.15 bits per heavy atom. The van der Waals surface area contributed by atoms with Crippen LogP contribution in [0.25, 0.3) is 0 Å². The van der Waals surface area contributed by atoms with Gasteiger partial charge in [0.15, 0.2) is 0 Å². The molecule has 1 amide bonds. The number of alkyl halides is 3. The number of rotatable bonds is 5. The number of carboxylic acid groups (broad SMARTS) is 1. The van der Waals surface area contributed by atoms with E-state index >= 15 is 0 Å². The van der Waals surface area contributed by atoms with Crippen molar-refractivity contribution in [2.45, 2.75) is 32.1 Å². The lowest BCUT2D eigenvalue weighted by molar-refractivity contribution is -0.192. The third-order valence-corrected chi connectivity index (χ3v) is 5.20. The molecule has 33 heavy (non-hydrogen) atoms. The number of likely N-dealkylation sites (tertiary alicyclic amines) is 1. The quantitative estimate of drug-likeness (QED) is 0.701. The smallest absolute Gasteiger partial charge is 0.475 e. The molecule has 0 spiro atoms. The van der Waals surface area contributed by atoms with Crippen LogP contribution < -0.4 is 4.90 Å². The molecule has 2 aliphatic heterocycles. The van der Waals surface area contributed by atoms with Crippen molar-refractivity contribution in [3.05, 3.63) is 36.7 Å². The minimum absolute atomic E-state index is 0.0997. The molecule has 1 saturated heterocycles. The summed E-state index contributed by atoms with van der Waals surface area (Å²) in [6.45, 7) is 4.73. The summed E-state index contributed by atoms with van der Waals surface area (Å²) in [7, 11) is 0. The number of amides is 1. The van der Waals surface area contributed by atoms with Gasteiger partial charge in [0.25, 0.3) is 0 Å². The molecule has 2 aliphatic rings. The Balaban J connectivity index is 0.000000383. The molecule has 1 N–H and O–H groups in total. The van der Waals surface area contributed by atoms with Gasteiger partial charge in [-0.3, -0.25) is 4.79 Å². The fourth-order valence-corrected chi connectivity index (χ4v) is 3.63.